The smallest absolute Gasteiger partial charge is 0.249 e. The summed E-state index contributed by atoms with van der Waals surface area (Å²) >= 11 is 3.42. The molecule has 0 saturated carbocycles. The number of rotatable bonds is 2. The van der Waals surface area contributed by atoms with Crippen LogP contribution < -0.4 is 5.32 Å². The van der Waals surface area contributed by atoms with Gasteiger partial charge < -0.3 is 5.32 Å². The first-order chi connectivity index (χ1) is 9.24. The zero-order valence-electron chi connectivity index (χ0n) is 10.6. The first-order valence-corrected chi connectivity index (χ1v) is 7.39. The number of halogens is 1. The van der Waals surface area contributed by atoms with Crippen LogP contribution in [-0.2, 0) is 4.79 Å². The third-order valence-corrected chi connectivity index (χ3v) is 4.16. The Hall–Kier alpha value is -1.20. The van der Waals surface area contributed by atoms with Gasteiger partial charge in [-0.2, -0.15) is 5.10 Å². The van der Waals surface area contributed by atoms with Crippen LogP contribution in [0.5, 0.6) is 0 Å². The van der Waals surface area contributed by atoms with Crippen molar-refractivity contribution in [2.45, 2.75) is 25.3 Å². The van der Waals surface area contributed by atoms with Crippen LogP contribution in [-0.4, -0.2) is 35.8 Å². The zero-order chi connectivity index (χ0) is 13.2. The molecule has 1 aromatic rings. The van der Waals surface area contributed by atoms with Crippen molar-refractivity contribution in [1.29, 1.82) is 0 Å². The number of nitrogens with zero attached hydrogens (tertiary/aromatic N) is 2. The van der Waals surface area contributed by atoms with Crippen LogP contribution in [0, 0.1) is 0 Å². The van der Waals surface area contributed by atoms with Gasteiger partial charge >= 0.3 is 0 Å². The third-order valence-electron chi connectivity index (χ3n) is 3.63. The summed E-state index contributed by atoms with van der Waals surface area (Å²) in [7, 11) is 0. The summed E-state index contributed by atoms with van der Waals surface area (Å²) in [6.45, 7) is 1.94. The Morgan fingerprint density at radius 1 is 1.21 bits per heavy atom. The Morgan fingerprint density at radius 3 is 2.58 bits per heavy atom. The highest BCUT2D eigenvalue weighted by molar-refractivity contribution is 9.10. The molecule has 1 amide bonds. The average molecular weight is 322 g/mol. The summed E-state index contributed by atoms with van der Waals surface area (Å²) in [6.07, 6.45) is 2.40. The van der Waals surface area contributed by atoms with E-state index in [2.05, 4.69) is 26.3 Å². The van der Waals surface area contributed by atoms with Gasteiger partial charge in [-0.25, -0.2) is 5.01 Å². The molecule has 1 N–H and O–H groups in total. The average Bonchev–Trinajstić information content (AvgIpc) is 2.83. The second-order valence-corrected chi connectivity index (χ2v) is 5.87. The lowest BCUT2D eigenvalue weighted by molar-refractivity contribution is -0.131. The molecule has 0 bridgehead atoms. The maximum atomic E-state index is 12.1. The molecule has 0 aliphatic carbocycles. The van der Waals surface area contributed by atoms with Crippen molar-refractivity contribution in [1.82, 2.24) is 10.3 Å². The van der Waals surface area contributed by atoms with Crippen molar-refractivity contribution >= 4 is 27.5 Å². The maximum absolute atomic E-state index is 12.1. The van der Waals surface area contributed by atoms with Crippen molar-refractivity contribution in [3.8, 4) is 0 Å². The van der Waals surface area contributed by atoms with Crippen molar-refractivity contribution in [3.05, 3.63) is 34.3 Å². The van der Waals surface area contributed by atoms with Gasteiger partial charge in [0.2, 0.25) is 5.91 Å². The molecule has 2 heterocycles. The van der Waals surface area contributed by atoms with E-state index < -0.39 is 0 Å². The molecular formula is C14H16BrN3O. The van der Waals surface area contributed by atoms with Gasteiger partial charge in [0, 0.05) is 4.47 Å². The lowest BCUT2D eigenvalue weighted by Crippen LogP contribution is -2.41. The van der Waals surface area contributed by atoms with E-state index in [1.165, 1.54) is 0 Å². The molecule has 0 atom stereocenters. The number of benzene rings is 1. The van der Waals surface area contributed by atoms with E-state index in [-0.39, 0.29) is 11.9 Å². The van der Waals surface area contributed by atoms with Crippen LogP contribution in [0.1, 0.15) is 24.8 Å². The van der Waals surface area contributed by atoms with E-state index in [9.17, 15) is 4.79 Å². The Balaban J connectivity index is 1.80. The van der Waals surface area contributed by atoms with Gasteiger partial charge in [-0.15, -0.1) is 0 Å². The highest BCUT2D eigenvalue weighted by Crippen LogP contribution is 2.22. The highest BCUT2D eigenvalue weighted by Gasteiger charge is 2.31. The Morgan fingerprint density at radius 2 is 1.89 bits per heavy atom. The number of hydrogen-bond acceptors (Lipinski definition) is 3. The predicted octanol–water partition coefficient (Wildman–Crippen LogP) is 2.14. The van der Waals surface area contributed by atoms with Gasteiger partial charge in [0.1, 0.15) is 0 Å². The number of carbonyl (C=O) groups is 1. The van der Waals surface area contributed by atoms with Crippen molar-refractivity contribution in [3.63, 3.8) is 0 Å². The minimum absolute atomic E-state index is 0.129. The molecule has 1 fully saturated rings. The highest BCUT2D eigenvalue weighted by atomic mass is 79.9. The van der Waals surface area contributed by atoms with Crippen LogP contribution in [0.4, 0.5) is 0 Å². The molecule has 0 aromatic heterocycles. The van der Waals surface area contributed by atoms with Crippen LogP contribution in [0.25, 0.3) is 0 Å². The summed E-state index contributed by atoms with van der Waals surface area (Å²) in [4.78, 5) is 12.1. The molecule has 1 aromatic carbocycles. The number of piperidine rings is 1. The summed E-state index contributed by atoms with van der Waals surface area (Å²) in [5.74, 6) is 0.129. The summed E-state index contributed by atoms with van der Waals surface area (Å²) < 4.78 is 1.04. The second-order valence-electron chi connectivity index (χ2n) is 4.95. The standard InChI is InChI=1S/C14H16BrN3O/c15-11-3-1-10(2-4-11)13-9-14(19)18(17-13)12-5-7-16-8-6-12/h1-4,12,16H,5-9H2. The fraction of sp³-hybridized carbons (Fsp3) is 0.429. The topological polar surface area (TPSA) is 44.7 Å². The van der Waals surface area contributed by atoms with Gasteiger partial charge in [0.05, 0.1) is 18.2 Å². The van der Waals surface area contributed by atoms with Crippen LogP contribution in [0.15, 0.2) is 33.8 Å². The normalized spacial score (nSPS) is 20.8. The molecule has 0 radical (unpaired) electrons. The van der Waals surface area contributed by atoms with Gasteiger partial charge in [0.25, 0.3) is 0 Å². The SMILES string of the molecule is O=C1CC(c2ccc(Br)cc2)=NN1C1CCNCC1. The Bertz CT molecular complexity index is 506. The molecule has 100 valence electrons. The molecule has 19 heavy (non-hydrogen) atoms. The maximum Gasteiger partial charge on any atom is 0.249 e. The van der Waals surface area contributed by atoms with E-state index in [1.807, 2.05) is 24.3 Å². The van der Waals surface area contributed by atoms with E-state index in [0.717, 1.165) is 41.7 Å². The molecule has 5 heteroatoms. The number of nitrogens with one attached hydrogen (secondary N) is 1. The molecule has 2 aliphatic rings. The monoisotopic (exact) mass is 321 g/mol. The molecule has 1 saturated heterocycles. The zero-order valence-corrected chi connectivity index (χ0v) is 12.2. The fourth-order valence-corrected chi connectivity index (χ4v) is 2.85. The van der Waals surface area contributed by atoms with Crippen LogP contribution >= 0.6 is 15.9 Å². The van der Waals surface area contributed by atoms with Gasteiger partial charge in [-0.1, -0.05) is 28.1 Å². The number of hydrazone groups is 1. The first-order valence-electron chi connectivity index (χ1n) is 6.60. The minimum Gasteiger partial charge on any atom is -0.317 e. The summed E-state index contributed by atoms with van der Waals surface area (Å²) in [6, 6.07) is 8.23. The molecular weight excluding hydrogens is 306 g/mol. The molecule has 0 unspecified atom stereocenters. The molecule has 2 aliphatic heterocycles. The van der Waals surface area contributed by atoms with E-state index >= 15 is 0 Å². The molecule has 0 spiro atoms. The van der Waals surface area contributed by atoms with E-state index in [1.54, 1.807) is 5.01 Å². The number of hydrogen-bond donors (Lipinski definition) is 1. The van der Waals surface area contributed by atoms with Crippen molar-refractivity contribution < 1.29 is 4.79 Å². The third kappa shape index (κ3) is 2.72. The lowest BCUT2D eigenvalue weighted by Gasteiger charge is -2.28. The quantitative estimate of drug-likeness (QED) is 0.907. The second kappa shape index (κ2) is 5.43. The lowest BCUT2D eigenvalue weighted by atomic mass is 10.1. The Kier molecular flexibility index (Phi) is 3.66. The molecule has 4 nitrogen and oxygen atoms in total. The van der Waals surface area contributed by atoms with Crippen molar-refractivity contribution in [2.24, 2.45) is 5.10 Å². The molecule has 3 rings (SSSR count). The minimum atomic E-state index is 0.129. The van der Waals surface area contributed by atoms with Crippen LogP contribution in [0.2, 0.25) is 0 Å². The van der Waals surface area contributed by atoms with E-state index in [0.29, 0.717) is 6.42 Å². The fourth-order valence-electron chi connectivity index (χ4n) is 2.58. The van der Waals surface area contributed by atoms with Crippen LogP contribution in [0.3, 0.4) is 0 Å². The largest absolute Gasteiger partial charge is 0.317 e. The summed E-state index contributed by atoms with van der Waals surface area (Å²) in [5, 5.41) is 9.57. The first kappa shape index (κ1) is 12.8. The Labute approximate surface area is 121 Å². The number of amides is 1. The van der Waals surface area contributed by atoms with Gasteiger partial charge in [-0.05, 0) is 43.6 Å². The van der Waals surface area contributed by atoms with Gasteiger partial charge in [-0.3, -0.25) is 4.79 Å². The summed E-state index contributed by atoms with van der Waals surface area (Å²) in [5.41, 5.74) is 1.92. The predicted molar refractivity (Wildman–Crippen MR) is 78.0 cm³/mol. The number of carbonyl (C=O) groups excluding carboxylic acids is 1. The van der Waals surface area contributed by atoms with Crippen molar-refractivity contribution in [2.75, 3.05) is 13.1 Å². The van der Waals surface area contributed by atoms with Gasteiger partial charge in [0.15, 0.2) is 0 Å². The van der Waals surface area contributed by atoms with E-state index in [4.69, 9.17) is 0 Å².